The van der Waals surface area contributed by atoms with Gasteiger partial charge in [-0.15, -0.1) is 0 Å². The van der Waals surface area contributed by atoms with E-state index in [1.165, 1.54) is 51.6 Å². The van der Waals surface area contributed by atoms with Crippen molar-refractivity contribution in [3.63, 3.8) is 0 Å². The molecule has 0 saturated heterocycles. The highest BCUT2D eigenvalue weighted by Gasteiger charge is 2.08. The summed E-state index contributed by atoms with van der Waals surface area (Å²) >= 11 is 0. The van der Waals surface area contributed by atoms with Crippen LogP contribution in [0.1, 0.15) is 36.8 Å². The smallest absolute Gasteiger partial charge is 0.0780 e. The molecule has 0 aliphatic rings. The molecule has 0 unspecified atom stereocenters. The Kier molecular flexibility index (Phi) is 7.58. The SMILES string of the molecule is C[N+](C)(C)CCCCc1ccccc1CCCC[N+](C)(C)C. The highest BCUT2D eigenvalue weighted by Crippen LogP contribution is 2.15. The maximum absolute atomic E-state index is 2.33. The Labute approximate surface area is 138 Å². The van der Waals surface area contributed by atoms with E-state index in [0.717, 1.165) is 8.97 Å². The second kappa shape index (κ2) is 8.69. The Bertz CT molecular complexity index is 383. The van der Waals surface area contributed by atoms with Crippen LogP contribution in [0.15, 0.2) is 24.3 Å². The van der Waals surface area contributed by atoms with E-state index >= 15 is 0 Å². The molecule has 0 N–H and O–H groups in total. The summed E-state index contributed by atoms with van der Waals surface area (Å²) in [4.78, 5) is 0. The van der Waals surface area contributed by atoms with E-state index in [1.807, 2.05) is 0 Å². The molecule has 2 heteroatoms. The van der Waals surface area contributed by atoms with E-state index in [4.69, 9.17) is 0 Å². The van der Waals surface area contributed by atoms with Gasteiger partial charge in [0.1, 0.15) is 0 Å². The number of unbranched alkanes of at least 4 members (excludes halogenated alkanes) is 2. The van der Waals surface area contributed by atoms with Crippen molar-refractivity contribution in [3.05, 3.63) is 35.4 Å². The molecule has 2 nitrogen and oxygen atoms in total. The molecule has 0 spiro atoms. The molecule has 0 amide bonds. The summed E-state index contributed by atoms with van der Waals surface area (Å²) in [5, 5.41) is 0. The molecule has 0 heterocycles. The predicted molar refractivity (Wildman–Crippen MR) is 98.1 cm³/mol. The van der Waals surface area contributed by atoms with Gasteiger partial charge in [0, 0.05) is 0 Å². The first-order chi connectivity index (χ1) is 10.2. The van der Waals surface area contributed by atoms with Gasteiger partial charge in [-0.25, -0.2) is 0 Å². The minimum absolute atomic E-state index is 1.08. The number of aryl methyl sites for hydroxylation is 2. The fourth-order valence-electron chi connectivity index (χ4n) is 2.85. The molecular formula is C20H38N2+2. The molecule has 126 valence electrons. The van der Waals surface area contributed by atoms with Gasteiger partial charge in [0.25, 0.3) is 0 Å². The zero-order valence-corrected chi connectivity index (χ0v) is 15.9. The minimum atomic E-state index is 1.08. The minimum Gasteiger partial charge on any atom is -0.331 e. The third kappa shape index (κ3) is 9.22. The van der Waals surface area contributed by atoms with Crippen LogP contribution in [-0.2, 0) is 12.8 Å². The summed E-state index contributed by atoms with van der Waals surface area (Å²) in [6, 6.07) is 9.07. The van der Waals surface area contributed by atoms with Crippen molar-refractivity contribution in [2.45, 2.75) is 38.5 Å². The number of hydrogen-bond donors (Lipinski definition) is 0. The van der Waals surface area contributed by atoms with Crippen LogP contribution in [0.5, 0.6) is 0 Å². The van der Waals surface area contributed by atoms with Crippen LogP contribution in [0.3, 0.4) is 0 Å². The van der Waals surface area contributed by atoms with Crippen molar-refractivity contribution in [3.8, 4) is 0 Å². The Morgan fingerprint density at radius 1 is 0.591 bits per heavy atom. The second-order valence-corrected chi connectivity index (χ2v) is 8.71. The monoisotopic (exact) mass is 306 g/mol. The lowest BCUT2D eigenvalue weighted by Crippen LogP contribution is -2.35. The third-order valence-corrected chi connectivity index (χ3v) is 4.17. The average molecular weight is 307 g/mol. The quantitative estimate of drug-likeness (QED) is 0.456. The van der Waals surface area contributed by atoms with Gasteiger partial charge in [-0.05, 0) is 49.7 Å². The zero-order chi connectivity index (χ0) is 16.6. The normalized spacial score (nSPS) is 12.6. The Morgan fingerprint density at radius 3 is 1.27 bits per heavy atom. The van der Waals surface area contributed by atoms with Crippen molar-refractivity contribution in [1.82, 2.24) is 0 Å². The van der Waals surface area contributed by atoms with Gasteiger partial charge in [-0.1, -0.05) is 24.3 Å². The third-order valence-electron chi connectivity index (χ3n) is 4.17. The molecule has 0 radical (unpaired) electrons. The molecule has 1 aromatic rings. The van der Waals surface area contributed by atoms with E-state index in [1.54, 1.807) is 11.1 Å². The number of hydrogen-bond acceptors (Lipinski definition) is 0. The molecule has 0 aromatic heterocycles. The molecule has 0 saturated carbocycles. The first-order valence-corrected chi connectivity index (χ1v) is 8.85. The fraction of sp³-hybridized carbons (Fsp3) is 0.700. The van der Waals surface area contributed by atoms with Crippen molar-refractivity contribution in [2.24, 2.45) is 0 Å². The molecule has 0 bridgehead atoms. The standard InChI is InChI=1S/C20H38N2/c1-21(2,3)17-11-9-15-19-13-7-8-14-20(19)16-10-12-18-22(4,5)6/h7-8,13-14H,9-12,15-18H2,1-6H3/q+2. The summed E-state index contributed by atoms with van der Waals surface area (Å²) in [6.07, 6.45) is 7.74. The lowest BCUT2D eigenvalue weighted by atomic mass is 9.97. The number of benzene rings is 1. The molecule has 1 aromatic carbocycles. The summed E-state index contributed by atoms with van der Waals surface area (Å²) in [5.41, 5.74) is 3.16. The molecule has 0 aliphatic carbocycles. The lowest BCUT2D eigenvalue weighted by molar-refractivity contribution is -0.870. The van der Waals surface area contributed by atoms with E-state index < -0.39 is 0 Å². The number of quaternary nitrogens is 2. The van der Waals surface area contributed by atoms with Gasteiger partial charge in [0.15, 0.2) is 0 Å². The Hall–Kier alpha value is -0.860. The second-order valence-electron chi connectivity index (χ2n) is 8.71. The van der Waals surface area contributed by atoms with Crippen LogP contribution in [0.2, 0.25) is 0 Å². The van der Waals surface area contributed by atoms with Gasteiger partial charge in [0.2, 0.25) is 0 Å². The average Bonchev–Trinajstić information content (AvgIpc) is 2.39. The van der Waals surface area contributed by atoms with Crippen molar-refractivity contribution in [2.75, 3.05) is 55.4 Å². The van der Waals surface area contributed by atoms with Gasteiger partial charge in [0.05, 0.1) is 55.4 Å². The molecule has 0 aliphatic heterocycles. The molecule has 0 fully saturated rings. The summed E-state index contributed by atoms with van der Waals surface area (Å²) in [6.45, 7) is 2.54. The maximum Gasteiger partial charge on any atom is 0.0780 e. The van der Waals surface area contributed by atoms with Gasteiger partial charge >= 0.3 is 0 Å². The van der Waals surface area contributed by atoms with Crippen LogP contribution in [-0.4, -0.2) is 64.3 Å². The highest BCUT2D eigenvalue weighted by molar-refractivity contribution is 5.27. The topological polar surface area (TPSA) is 0 Å². The van der Waals surface area contributed by atoms with Crippen molar-refractivity contribution >= 4 is 0 Å². The van der Waals surface area contributed by atoms with Crippen molar-refractivity contribution < 1.29 is 8.97 Å². The van der Waals surface area contributed by atoms with Gasteiger partial charge in [-0.2, -0.15) is 0 Å². The van der Waals surface area contributed by atoms with Crippen molar-refractivity contribution in [1.29, 1.82) is 0 Å². The van der Waals surface area contributed by atoms with Crippen LogP contribution in [0.4, 0.5) is 0 Å². The van der Waals surface area contributed by atoms with E-state index in [9.17, 15) is 0 Å². The predicted octanol–water partition coefficient (Wildman–Crippen LogP) is 3.74. The van der Waals surface area contributed by atoms with Crippen LogP contribution >= 0.6 is 0 Å². The highest BCUT2D eigenvalue weighted by atomic mass is 15.3. The number of nitrogens with zero attached hydrogens (tertiary/aromatic N) is 2. The molecule has 1 rings (SSSR count). The molecule has 22 heavy (non-hydrogen) atoms. The first kappa shape index (κ1) is 19.2. The lowest BCUT2D eigenvalue weighted by Gasteiger charge is -2.24. The van der Waals surface area contributed by atoms with Crippen LogP contribution in [0.25, 0.3) is 0 Å². The first-order valence-electron chi connectivity index (χ1n) is 8.85. The van der Waals surface area contributed by atoms with Crippen LogP contribution < -0.4 is 0 Å². The largest absolute Gasteiger partial charge is 0.331 e. The molecule has 0 atom stereocenters. The molecular weight excluding hydrogens is 268 g/mol. The van der Waals surface area contributed by atoms with E-state index in [2.05, 4.69) is 66.6 Å². The summed E-state index contributed by atoms with van der Waals surface area (Å²) in [7, 11) is 13.7. The summed E-state index contributed by atoms with van der Waals surface area (Å²) in [5.74, 6) is 0. The van der Waals surface area contributed by atoms with E-state index in [-0.39, 0.29) is 0 Å². The maximum atomic E-state index is 2.33. The number of rotatable bonds is 10. The Balaban J connectivity index is 2.38. The van der Waals surface area contributed by atoms with Crippen LogP contribution in [0, 0.1) is 0 Å². The van der Waals surface area contributed by atoms with Gasteiger partial charge < -0.3 is 8.97 Å². The zero-order valence-electron chi connectivity index (χ0n) is 15.9. The van der Waals surface area contributed by atoms with Gasteiger partial charge in [-0.3, -0.25) is 0 Å². The fourth-order valence-corrected chi connectivity index (χ4v) is 2.85. The Morgan fingerprint density at radius 2 is 0.955 bits per heavy atom. The van der Waals surface area contributed by atoms with E-state index in [0.29, 0.717) is 0 Å². The summed E-state index contributed by atoms with van der Waals surface area (Å²) < 4.78 is 2.15.